The van der Waals surface area contributed by atoms with Gasteiger partial charge >= 0.3 is 0 Å². The van der Waals surface area contributed by atoms with Crippen LogP contribution in [-0.2, 0) is 13.5 Å². The second-order valence-electron chi connectivity index (χ2n) is 5.22. The van der Waals surface area contributed by atoms with Crippen LogP contribution in [0.1, 0.15) is 37.1 Å². The van der Waals surface area contributed by atoms with E-state index in [9.17, 15) is 0 Å². The summed E-state index contributed by atoms with van der Waals surface area (Å²) in [5.74, 6) is 0.920. The Kier molecular flexibility index (Phi) is 3.63. The van der Waals surface area contributed by atoms with Crippen LogP contribution in [0.5, 0.6) is 5.75 Å². The Morgan fingerprint density at radius 3 is 2.90 bits per heavy atom. The van der Waals surface area contributed by atoms with Crippen LogP contribution in [0.3, 0.4) is 0 Å². The van der Waals surface area contributed by atoms with Gasteiger partial charge in [-0.25, -0.2) is 0 Å². The maximum absolute atomic E-state index is 5.47. The molecule has 0 radical (unpaired) electrons. The van der Waals surface area contributed by atoms with Crippen molar-refractivity contribution in [2.45, 2.75) is 32.2 Å². The number of fused-ring (bicyclic) bond motifs is 1. The summed E-state index contributed by atoms with van der Waals surface area (Å²) in [4.78, 5) is 0. The predicted molar refractivity (Wildman–Crippen MR) is 80.1 cm³/mol. The smallest absolute Gasteiger partial charge is 0.119 e. The van der Waals surface area contributed by atoms with Crippen molar-refractivity contribution in [1.29, 1.82) is 0 Å². The van der Waals surface area contributed by atoms with Crippen molar-refractivity contribution in [1.82, 2.24) is 9.78 Å². The highest BCUT2D eigenvalue weighted by Gasteiger charge is 2.23. The maximum atomic E-state index is 5.47. The number of aryl methyl sites for hydroxylation is 1. The Labute approximate surface area is 119 Å². The van der Waals surface area contributed by atoms with E-state index >= 15 is 0 Å². The van der Waals surface area contributed by atoms with Gasteiger partial charge in [0.25, 0.3) is 0 Å². The summed E-state index contributed by atoms with van der Waals surface area (Å²) >= 11 is 0. The molecule has 1 atom stereocenters. The highest BCUT2D eigenvalue weighted by molar-refractivity contribution is 5.49. The second-order valence-corrected chi connectivity index (χ2v) is 5.22. The summed E-state index contributed by atoms with van der Waals surface area (Å²) in [5, 5.41) is 8.00. The average Bonchev–Trinajstić information content (AvgIpc) is 2.84. The van der Waals surface area contributed by atoms with Crippen LogP contribution < -0.4 is 10.1 Å². The van der Waals surface area contributed by atoms with Crippen LogP contribution in [0, 0.1) is 0 Å². The van der Waals surface area contributed by atoms with Crippen molar-refractivity contribution in [3.05, 3.63) is 41.7 Å². The van der Waals surface area contributed by atoms with Gasteiger partial charge in [-0.2, -0.15) is 5.10 Å². The molecule has 1 N–H and O–H groups in total. The Hall–Kier alpha value is -1.97. The topological polar surface area (TPSA) is 39.1 Å². The monoisotopic (exact) mass is 271 g/mol. The largest absolute Gasteiger partial charge is 0.494 e. The van der Waals surface area contributed by atoms with E-state index < -0.39 is 0 Å². The molecule has 0 spiro atoms. The quantitative estimate of drug-likeness (QED) is 0.927. The molecule has 0 amide bonds. The van der Waals surface area contributed by atoms with Crippen LogP contribution >= 0.6 is 0 Å². The van der Waals surface area contributed by atoms with E-state index in [0.717, 1.165) is 24.3 Å². The van der Waals surface area contributed by atoms with Gasteiger partial charge in [0.05, 0.1) is 18.8 Å². The van der Waals surface area contributed by atoms with E-state index in [0.29, 0.717) is 12.6 Å². The van der Waals surface area contributed by atoms with Gasteiger partial charge in [0.15, 0.2) is 0 Å². The molecule has 1 aromatic carbocycles. The third kappa shape index (κ3) is 2.50. The van der Waals surface area contributed by atoms with E-state index in [-0.39, 0.29) is 0 Å². The number of ether oxygens (including phenoxy) is 1. The van der Waals surface area contributed by atoms with Crippen molar-refractivity contribution in [3.63, 3.8) is 0 Å². The van der Waals surface area contributed by atoms with Crippen molar-refractivity contribution >= 4 is 5.69 Å². The summed E-state index contributed by atoms with van der Waals surface area (Å²) in [7, 11) is 2.03. The number of anilines is 1. The van der Waals surface area contributed by atoms with Gasteiger partial charge in [0.2, 0.25) is 0 Å². The molecule has 3 rings (SSSR count). The van der Waals surface area contributed by atoms with E-state index in [2.05, 4.69) is 22.5 Å². The van der Waals surface area contributed by atoms with Crippen molar-refractivity contribution < 1.29 is 4.74 Å². The molecule has 0 bridgehead atoms. The fraction of sp³-hybridized carbons (Fsp3) is 0.438. The summed E-state index contributed by atoms with van der Waals surface area (Å²) in [6.45, 7) is 2.70. The van der Waals surface area contributed by atoms with Gasteiger partial charge in [-0.15, -0.1) is 0 Å². The minimum atomic E-state index is 0.366. The lowest BCUT2D eigenvalue weighted by Gasteiger charge is -2.24. The molecule has 0 aliphatic heterocycles. The van der Waals surface area contributed by atoms with Gasteiger partial charge < -0.3 is 10.1 Å². The number of hydrogen-bond donors (Lipinski definition) is 1. The minimum absolute atomic E-state index is 0.366. The molecule has 0 saturated heterocycles. The fourth-order valence-corrected chi connectivity index (χ4v) is 2.87. The third-order valence-corrected chi connectivity index (χ3v) is 3.88. The third-order valence-electron chi connectivity index (χ3n) is 3.88. The van der Waals surface area contributed by atoms with Crippen LogP contribution in [0.15, 0.2) is 30.5 Å². The van der Waals surface area contributed by atoms with Crippen LogP contribution in [0.2, 0.25) is 0 Å². The lowest BCUT2D eigenvalue weighted by Crippen LogP contribution is -2.17. The Morgan fingerprint density at radius 2 is 2.15 bits per heavy atom. The zero-order valence-electron chi connectivity index (χ0n) is 12.1. The molecular weight excluding hydrogens is 250 g/mol. The van der Waals surface area contributed by atoms with Crippen molar-refractivity contribution in [3.8, 4) is 5.75 Å². The molecule has 1 heterocycles. The highest BCUT2D eigenvalue weighted by atomic mass is 16.5. The molecular formula is C16H21N3O. The van der Waals surface area contributed by atoms with E-state index in [4.69, 9.17) is 4.74 Å². The van der Waals surface area contributed by atoms with Crippen molar-refractivity contribution in [2.24, 2.45) is 7.05 Å². The molecule has 106 valence electrons. The summed E-state index contributed by atoms with van der Waals surface area (Å²) in [6.07, 6.45) is 5.50. The summed E-state index contributed by atoms with van der Waals surface area (Å²) in [6, 6.07) is 8.55. The van der Waals surface area contributed by atoms with Gasteiger partial charge in [0, 0.05) is 24.0 Å². The number of aromatic nitrogens is 2. The summed E-state index contributed by atoms with van der Waals surface area (Å²) in [5.41, 5.74) is 3.84. The number of nitrogens with one attached hydrogen (secondary N) is 1. The van der Waals surface area contributed by atoms with E-state index in [1.165, 1.54) is 17.7 Å². The molecule has 1 aliphatic rings. The first kappa shape index (κ1) is 13.0. The number of nitrogens with zero attached hydrogens (tertiary/aromatic N) is 2. The second kappa shape index (κ2) is 5.57. The SMILES string of the molecule is CCOc1ccc(NC2CCCc3c2cnn3C)cc1. The fourth-order valence-electron chi connectivity index (χ4n) is 2.87. The lowest BCUT2D eigenvalue weighted by molar-refractivity contribution is 0.340. The van der Waals surface area contributed by atoms with Crippen molar-refractivity contribution in [2.75, 3.05) is 11.9 Å². The molecule has 2 aromatic rings. The summed E-state index contributed by atoms with van der Waals surface area (Å²) < 4.78 is 7.47. The Balaban J connectivity index is 1.75. The normalized spacial score (nSPS) is 17.6. The Bertz CT molecular complexity index is 574. The number of rotatable bonds is 4. The zero-order chi connectivity index (χ0) is 13.9. The predicted octanol–water partition coefficient (Wildman–Crippen LogP) is 3.31. The Morgan fingerprint density at radius 1 is 1.35 bits per heavy atom. The zero-order valence-corrected chi connectivity index (χ0v) is 12.1. The molecule has 1 aliphatic carbocycles. The maximum Gasteiger partial charge on any atom is 0.119 e. The van der Waals surface area contributed by atoms with E-state index in [1.807, 2.05) is 37.0 Å². The molecule has 1 aromatic heterocycles. The van der Waals surface area contributed by atoms with E-state index in [1.54, 1.807) is 0 Å². The minimum Gasteiger partial charge on any atom is -0.494 e. The molecule has 0 fully saturated rings. The van der Waals surface area contributed by atoms with Gasteiger partial charge in [0.1, 0.15) is 5.75 Å². The average molecular weight is 271 g/mol. The van der Waals surface area contributed by atoms with Gasteiger partial charge in [-0.05, 0) is 50.5 Å². The number of benzene rings is 1. The molecule has 4 heteroatoms. The van der Waals surface area contributed by atoms with Gasteiger partial charge in [-0.3, -0.25) is 4.68 Å². The highest BCUT2D eigenvalue weighted by Crippen LogP contribution is 2.32. The lowest BCUT2D eigenvalue weighted by atomic mass is 9.93. The molecule has 4 nitrogen and oxygen atoms in total. The first-order valence-electron chi connectivity index (χ1n) is 7.28. The van der Waals surface area contributed by atoms with Crippen LogP contribution in [0.25, 0.3) is 0 Å². The number of hydrogen-bond acceptors (Lipinski definition) is 3. The first-order chi connectivity index (χ1) is 9.78. The van der Waals surface area contributed by atoms with Crippen LogP contribution in [-0.4, -0.2) is 16.4 Å². The molecule has 20 heavy (non-hydrogen) atoms. The molecule has 0 saturated carbocycles. The standard InChI is InChI=1S/C16H21N3O/c1-3-20-13-9-7-12(8-10-13)18-15-5-4-6-16-14(15)11-17-19(16)2/h7-11,15,18H,3-6H2,1-2H3. The molecule has 1 unspecified atom stereocenters. The van der Waals surface area contributed by atoms with Crippen LogP contribution in [0.4, 0.5) is 5.69 Å². The first-order valence-corrected chi connectivity index (χ1v) is 7.28. The van der Waals surface area contributed by atoms with Gasteiger partial charge in [-0.1, -0.05) is 0 Å².